The second-order valence-corrected chi connectivity index (χ2v) is 9.22. The van der Waals surface area contributed by atoms with Crippen LogP contribution in [0.4, 0.5) is 5.69 Å². The normalized spacial score (nSPS) is 24.2. The number of aliphatic hydroxyl groups excluding tert-OH is 1. The van der Waals surface area contributed by atoms with Gasteiger partial charge in [-0.05, 0) is 24.6 Å². The van der Waals surface area contributed by atoms with Gasteiger partial charge >= 0.3 is 5.97 Å². The molecule has 2 aliphatic rings. The van der Waals surface area contributed by atoms with Crippen LogP contribution in [0.1, 0.15) is 19.4 Å². The summed E-state index contributed by atoms with van der Waals surface area (Å²) >= 11 is 3.79. The Kier molecular flexibility index (Phi) is 6.84. The first-order valence-electron chi connectivity index (χ1n) is 9.12. The van der Waals surface area contributed by atoms with Crippen LogP contribution in [0.3, 0.4) is 0 Å². The topological polar surface area (TPSA) is 110 Å². The van der Waals surface area contributed by atoms with Crippen molar-refractivity contribution < 1.29 is 24.4 Å². The van der Waals surface area contributed by atoms with E-state index in [-0.39, 0.29) is 35.9 Å². The van der Waals surface area contributed by atoms with Crippen molar-refractivity contribution in [2.24, 2.45) is 11.8 Å². The van der Waals surface area contributed by atoms with Crippen LogP contribution in [-0.4, -0.2) is 49.1 Å². The Morgan fingerprint density at radius 2 is 2.07 bits per heavy atom. The minimum absolute atomic E-state index is 0.0388. The number of hydrogen-bond acceptors (Lipinski definition) is 7. The number of esters is 1. The van der Waals surface area contributed by atoms with Crippen LogP contribution in [0.15, 0.2) is 34.9 Å². The smallest absolute Gasteiger partial charge is 0.356 e. The predicted octanol–water partition coefficient (Wildman–Crippen LogP) is 2.88. The summed E-state index contributed by atoms with van der Waals surface area (Å²) in [6.07, 6.45) is -0.780. The number of hydrogen-bond donors (Lipinski definition) is 1. The number of carbonyl (C=O) groups is 2. The molecule has 0 aliphatic carbocycles. The lowest BCUT2D eigenvalue weighted by Gasteiger charge is -2.46. The van der Waals surface area contributed by atoms with E-state index in [4.69, 9.17) is 4.74 Å². The molecule has 0 radical (unpaired) electrons. The van der Waals surface area contributed by atoms with Crippen molar-refractivity contribution in [3.05, 3.63) is 50.5 Å². The molecule has 1 fully saturated rings. The third kappa shape index (κ3) is 4.15. The fraction of sp³-hybridized carbons (Fsp3) is 0.474. The van der Waals surface area contributed by atoms with Crippen molar-refractivity contribution in [1.82, 2.24) is 4.90 Å². The van der Waals surface area contributed by atoms with Gasteiger partial charge in [-0.3, -0.25) is 14.9 Å². The van der Waals surface area contributed by atoms with Crippen molar-refractivity contribution in [3.63, 3.8) is 0 Å². The SMILES string of the molecule is CC(O)[C@@H]1C(=O)N2C(C(=O)OCc3ccc([N+](=O)[O-])cc3)=C(SCCI)[C@@H](C)C12. The molecular formula is C19H21IN2O6S. The summed E-state index contributed by atoms with van der Waals surface area (Å²) in [4.78, 5) is 38.0. The van der Waals surface area contributed by atoms with Crippen LogP contribution in [0, 0.1) is 22.0 Å². The maximum Gasteiger partial charge on any atom is 0.356 e. The Morgan fingerprint density at radius 3 is 2.62 bits per heavy atom. The molecule has 8 nitrogen and oxygen atoms in total. The Hall–Kier alpha value is -1.66. The zero-order valence-corrected chi connectivity index (χ0v) is 18.9. The summed E-state index contributed by atoms with van der Waals surface area (Å²) in [5, 5.41) is 20.7. The average molecular weight is 532 g/mol. The molecule has 2 unspecified atom stereocenters. The van der Waals surface area contributed by atoms with Gasteiger partial charge in [0.1, 0.15) is 12.3 Å². The van der Waals surface area contributed by atoms with Gasteiger partial charge in [0.2, 0.25) is 5.91 Å². The average Bonchev–Trinajstić information content (AvgIpc) is 2.92. The van der Waals surface area contributed by atoms with E-state index in [1.54, 1.807) is 6.92 Å². The zero-order chi connectivity index (χ0) is 21.3. The Labute approximate surface area is 186 Å². The van der Waals surface area contributed by atoms with Gasteiger partial charge < -0.3 is 14.7 Å². The first-order chi connectivity index (χ1) is 13.8. The highest BCUT2D eigenvalue weighted by Crippen LogP contribution is 2.50. The van der Waals surface area contributed by atoms with Crippen molar-refractivity contribution in [1.29, 1.82) is 0 Å². The molecule has 1 aromatic rings. The number of halogens is 1. The summed E-state index contributed by atoms with van der Waals surface area (Å²) in [7, 11) is 0. The Morgan fingerprint density at radius 1 is 1.41 bits per heavy atom. The number of carbonyl (C=O) groups excluding carboxylic acids is 2. The van der Waals surface area contributed by atoms with Crippen LogP contribution in [0.2, 0.25) is 0 Å². The number of fused-ring (bicyclic) bond motifs is 1. The van der Waals surface area contributed by atoms with E-state index in [1.807, 2.05) is 6.92 Å². The molecule has 156 valence electrons. The van der Waals surface area contributed by atoms with Gasteiger partial charge in [-0.25, -0.2) is 4.79 Å². The number of rotatable bonds is 8. The fourth-order valence-electron chi connectivity index (χ4n) is 3.79. The molecule has 0 spiro atoms. The number of nitro benzene ring substituents is 1. The number of thioether (sulfide) groups is 1. The van der Waals surface area contributed by atoms with E-state index in [2.05, 4.69) is 22.6 Å². The third-order valence-electron chi connectivity index (χ3n) is 5.15. The van der Waals surface area contributed by atoms with Crippen LogP contribution in [-0.2, 0) is 20.9 Å². The molecule has 2 heterocycles. The minimum atomic E-state index is -0.780. The molecule has 3 rings (SSSR count). The third-order valence-corrected chi connectivity index (χ3v) is 7.71. The Balaban J connectivity index is 1.77. The quantitative estimate of drug-likeness (QED) is 0.137. The van der Waals surface area contributed by atoms with Gasteiger partial charge in [-0.1, -0.05) is 29.5 Å². The second kappa shape index (κ2) is 9.00. The van der Waals surface area contributed by atoms with Gasteiger partial charge in [-0.15, -0.1) is 11.8 Å². The molecule has 10 heteroatoms. The predicted molar refractivity (Wildman–Crippen MR) is 116 cm³/mol. The van der Waals surface area contributed by atoms with E-state index >= 15 is 0 Å². The van der Waals surface area contributed by atoms with E-state index in [0.717, 1.165) is 15.1 Å². The summed E-state index contributed by atoms with van der Waals surface area (Å²) in [6.45, 7) is 3.51. The molecular weight excluding hydrogens is 511 g/mol. The number of nitro groups is 1. The monoisotopic (exact) mass is 532 g/mol. The summed E-state index contributed by atoms with van der Waals surface area (Å²) in [6, 6.07) is 5.53. The van der Waals surface area contributed by atoms with Crippen LogP contribution in [0.25, 0.3) is 0 Å². The van der Waals surface area contributed by atoms with Gasteiger partial charge in [-0.2, -0.15) is 0 Å². The van der Waals surface area contributed by atoms with E-state index in [1.165, 1.54) is 40.9 Å². The molecule has 1 saturated heterocycles. The number of alkyl halides is 1. The van der Waals surface area contributed by atoms with Gasteiger partial charge in [0.05, 0.1) is 23.0 Å². The number of amides is 1. The Bertz CT molecular complexity index is 857. The highest BCUT2D eigenvalue weighted by Gasteiger charge is 2.60. The highest BCUT2D eigenvalue weighted by atomic mass is 127. The fourth-order valence-corrected chi connectivity index (χ4v) is 5.46. The largest absolute Gasteiger partial charge is 0.456 e. The number of ether oxygens (including phenoxy) is 1. The van der Waals surface area contributed by atoms with Crippen LogP contribution in [0.5, 0.6) is 0 Å². The first-order valence-corrected chi connectivity index (χ1v) is 11.6. The number of nitrogens with zero attached hydrogens (tertiary/aromatic N) is 2. The lowest BCUT2D eigenvalue weighted by molar-refractivity contribution is -0.384. The molecule has 1 amide bonds. The molecule has 0 aromatic heterocycles. The molecule has 1 N–H and O–H groups in total. The first kappa shape index (κ1) is 22.0. The van der Waals surface area contributed by atoms with Gasteiger partial charge in [0, 0.05) is 33.1 Å². The molecule has 4 atom stereocenters. The maximum absolute atomic E-state index is 12.9. The molecule has 2 aliphatic heterocycles. The molecule has 29 heavy (non-hydrogen) atoms. The molecule has 1 aromatic carbocycles. The van der Waals surface area contributed by atoms with Crippen molar-refractivity contribution >= 4 is 51.9 Å². The van der Waals surface area contributed by atoms with Crippen LogP contribution >= 0.6 is 34.4 Å². The number of aliphatic hydroxyl groups is 1. The van der Waals surface area contributed by atoms with Crippen LogP contribution < -0.4 is 0 Å². The lowest BCUT2D eigenvalue weighted by atomic mass is 9.79. The minimum Gasteiger partial charge on any atom is -0.456 e. The standard InChI is InChI=1S/C19H21IN2O6S/c1-10-15-14(11(2)23)18(24)21(15)16(17(10)29-8-7-20)19(25)28-9-12-3-5-13(6-4-12)22(26)27/h3-6,10-11,14-15,23H,7-9H2,1-2H3/t10-,11?,14-,15?/m0/s1. The van der Waals surface area contributed by atoms with Gasteiger partial charge in [0.15, 0.2) is 0 Å². The summed E-state index contributed by atoms with van der Waals surface area (Å²) < 4.78 is 6.32. The maximum atomic E-state index is 12.9. The lowest BCUT2D eigenvalue weighted by Crippen LogP contribution is -2.63. The van der Waals surface area contributed by atoms with E-state index < -0.39 is 22.9 Å². The number of β-lactam (4-membered cyclic amide) rings is 1. The van der Waals surface area contributed by atoms with E-state index in [0.29, 0.717) is 5.56 Å². The van der Waals surface area contributed by atoms with Crippen molar-refractivity contribution in [2.75, 3.05) is 10.2 Å². The van der Waals surface area contributed by atoms with E-state index in [9.17, 15) is 24.8 Å². The highest BCUT2D eigenvalue weighted by molar-refractivity contribution is 14.1. The van der Waals surface area contributed by atoms with Crippen molar-refractivity contribution in [3.8, 4) is 0 Å². The zero-order valence-electron chi connectivity index (χ0n) is 15.9. The number of non-ortho nitro benzene ring substituents is 1. The number of benzene rings is 1. The summed E-state index contributed by atoms with van der Waals surface area (Å²) in [5.74, 6) is -0.620. The van der Waals surface area contributed by atoms with Gasteiger partial charge in [0.25, 0.3) is 5.69 Å². The van der Waals surface area contributed by atoms with Crippen molar-refractivity contribution in [2.45, 2.75) is 32.6 Å². The molecule has 0 bridgehead atoms. The second-order valence-electron chi connectivity index (χ2n) is 7.00. The molecule has 0 saturated carbocycles. The summed E-state index contributed by atoms with van der Waals surface area (Å²) in [5.41, 5.74) is 0.842.